The normalized spacial score (nSPS) is 23.5. The second-order valence-electron chi connectivity index (χ2n) is 15.7. The van der Waals surface area contributed by atoms with E-state index in [9.17, 15) is 0 Å². The summed E-state index contributed by atoms with van der Waals surface area (Å²) in [4.78, 5) is 15.3. The van der Waals surface area contributed by atoms with E-state index < -0.39 is 0 Å². The number of hydrogen-bond donors (Lipinski definition) is 0. The summed E-state index contributed by atoms with van der Waals surface area (Å²) in [6, 6.07) is 54.9. The predicted molar refractivity (Wildman–Crippen MR) is 210 cm³/mol. The monoisotopic (exact) mass is 669 g/mol. The van der Waals surface area contributed by atoms with Crippen LogP contribution < -0.4 is 0 Å². The van der Waals surface area contributed by atoms with Gasteiger partial charge < -0.3 is 0 Å². The van der Waals surface area contributed by atoms with E-state index in [4.69, 9.17) is 15.0 Å². The highest BCUT2D eigenvalue weighted by atomic mass is 15.0. The van der Waals surface area contributed by atoms with Crippen molar-refractivity contribution in [2.45, 2.75) is 37.5 Å². The van der Waals surface area contributed by atoms with Crippen LogP contribution in [0.15, 0.2) is 152 Å². The van der Waals surface area contributed by atoms with Crippen molar-refractivity contribution >= 4 is 0 Å². The maximum Gasteiger partial charge on any atom is 0.164 e. The van der Waals surface area contributed by atoms with Gasteiger partial charge in [0.25, 0.3) is 0 Å². The van der Waals surface area contributed by atoms with Crippen molar-refractivity contribution in [1.82, 2.24) is 15.0 Å². The second-order valence-corrected chi connectivity index (χ2v) is 15.7. The van der Waals surface area contributed by atoms with E-state index in [2.05, 4.69) is 115 Å². The molecule has 12 rings (SSSR count). The fourth-order valence-corrected chi connectivity index (χ4v) is 11.0. The third-order valence-electron chi connectivity index (χ3n) is 12.9. The average Bonchev–Trinajstić information content (AvgIpc) is 3.50. The van der Waals surface area contributed by atoms with Crippen molar-refractivity contribution < 1.29 is 0 Å². The Morgan fingerprint density at radius 2 is 0.808 bits per heavy atom. The first-order valence-electron chi connectivity index (χ1n) is 19.0. The standard InChI is InChI=1S/C49H39N3/c1-4-12-33(13-5-1)37-27-38(29-39(28-37)48-51-46(34-14-6-2-7-15-34)50-47(52-48)35-16-8-3-9-17-35)36-20-21-43-42-18-10-11-19-44(42)49(45(43)30-36)40-23-31-22-32(25-40)26-41(49)24-31/h1-21,27-32,40-41H,22-26H2. The molecule has 4 bridgehead atoms. The first-order valence-corrected chi connectivity index (χ1v) is 19.0. The SMILES string of the molecule is c1ccc(-c2cc(-c3ccc4c(c3)C3(c5ccccc5-4)C4CC5CC(C4)CC3C5)cc(-c3nc(-c4ccccc4)nc(-c4ccccc4)n3)c2)cc1. The van der Waals surface area contributed by atoms with Crippen LogP contribution in [0.3, 0.4) is 0 Å². The smallest absolute Gasteiger partial charge is 0.164 e. The largest absolute Gasteiger partial charge is 0.208 e. The molecule has 7 aromatic rings. The Morgan fingerprint density at radius 3 is 1.40 bits per heavy atom. The van der Waals surface area contributed by atoms with Crippen LogP contribution in [0.5, 0.6) is 0 Å². The summed E-state index contributed by atoms with van der Waals surface area (Å²) in [5, 5.41) is 0. The van der Waals surface area contributed by atoms with Crippen molar-refractivity contribution in [3.05, 3.63) is 163 Å². The van der Waals surface area contributed by atoms with Gasteiger partial charge in [0.2, 0.25) is 0 Å². The molecule has 5 aliphatic carbocycles. The molecule has 0 saturated heterocycles. The Hall–Kier alpha value is -5.67. The molecule has 6 aromatic carbocycles. The highest BCUT2D eigenvalue weighted by molar-refractivity contribution is 5.87. The summed E-state index contributed by atoms with van der Waals surface area (Å²) in [5.74, 6) is 5.32. The maximum absolute atomic E-state index is 5.15. The minimum absolute atomic E-state index is 0.124. The van der Waals surface area contributed by atoms with E-state index in [1.54, 1.807) is 11.1 Å². The van der Waals surface area contributed by atoms with E-state index in [0.717, 1.165) is 45.9 Å². The van der Waals surface area contributed by atoms with Crippen molar-refractivity contribution in [3.8, 4) is 67.5 Å². The molecule has 0 aliphatic heterocycles. The molecule has 250 valence electrons. The van der Waals surface area contributed by atoms with Gasteiger partial charge in [0.1, 0.15) is 0 Å². The Labute approximate surface area is 305 Å². The topological polar surface area (TPSA) is 38.7 Å². The third-order valence-corrected chi connectivity index (χ3v) is 12.9. The van der Waals surface area contributed by atoms with Crippen molar-refractivity contribution in [2.24, 2.45) is 23.7 Å². The van der Waals surface area contributed by atoms with Gasteiger partial charge in [0.15, 0.2) is 17.5 Å². The van der Waals surface area contributed by atoms with Crippen LogP contribution in [0.2, 0.25) is 0 Å². The van der Waals surface area contributed by atoms with Crippen molar-refractivity contribution in [3.63, 3.8) is 0 Å². The van der Waals surface area contributed by atoms with Crippen molar-refractivity contribution in [2.75, 3.05) is 0 Å². The number of hydrogen-bond acceptors (Lipinski definition) is 3. The van der Waals surface area contributed by atoms with E-state index in [1.165, 1.54) is 59.9 Å². The van der Waals surface area contributed by atoms with Crippen LogP contribution in [-0.2, 0) is 5.41 Å². The highest BCUT2D eigenvalue weighted by Gasteiger charge is 2.61. The first kappa shape index (κ1) is 30.0. The quantitative estimate of drug-likeness (QED) is 0.183. The third kappa shape index (κ3) is 4.61. The molecule has 5 aliphatic rings. The molecule has 1 spiro atoms. The minimum Gasteiger partial charge on any atom is -0.208 e. The van der Waals surface area contributed by atoms with E-state index >= 15 is 0 Å². The van der Waals surface area contributed by atoms with Gasteiger partial charge in [-0.15, -0.1) is 0 Å². The van der Waals surface area contributed by atoms with E-state index in [0.29, 0.717) is 17.5 Å². The molecule has 1 heterocycles. The summed E-state index contributed by atoms with van der Waals surface area (Å²) in [7, 11) is 0. The lowest BCUT2D eigenvalue weighted by molar-refractivity contribution is -0.0399. The lowest BCUT2D eigenvalue weighted by Crippen LogP contribution is -2.55. The van der Waals surface area contributed by atoms with Gasteiger partial charge in [0, 0.05) is 22.1 Å². The second kappa shape index (κ2) is 11.7. The van der Waals surface area contributed by atoms with Gasteiger partial charge in [-0.2, -0.15) is 0 Å². The summed E-state index contributed by atoms with van der Waals surface area (Å²) in [6.45, 7) is 0. The van der Waals surface area contributed by atoms with Crippen LogP contribution in [0, 0.1) is 23.7 Å². The number of benzene rings is 6. The summed E-state index contributed by atoms with van der Waals surface area (Å²) < 4.78 is 0. The van der Waals surface area contributed by atoms with Crippen LogP contribution in [0.25, 0.3) is 67.5 Å². The Balaban J connectivity index is 1.11. The molecule has 52 heavy (non-hydrogen) atoms. The van der Waals surface area contributed by atoms with Gasteiger partial charge in [-0.05, 0) is 125 Å². The summed E-state index contributed by atoms with van der Waals surface area (Å²) in [5.41, 5.74) is 13.9. The number of nitrogens with zero attached hydrogens (tertiary/aromatic N) is 3. The summed E-state index contributed by atoms with van der Waals surface area (Å²) in [6.07, 6.45) is 6.98. The zero-order valence-corrected chi connectivity index (χ0v) is 29.1. The fraction of sp³-hybridized carbons (Fsp3) is 0.204. The van der Waals surface area contributed by atoms with E-state index in [1.807, 2.05) is 36.4 Å². The molecule has 4 saturated carbocycles. The zero-order chi connectivity index (χ0) is 34.2. The highest BCUT2D eigenvalue weighted by Crippen LogP contribution is 2.69. The molecule has 0 atom stereocenters. The minimum atomic E-state index is 0.124. The number of rotatable bonds is 5. The predicted octanol–water partition coefficient (Wildman–Crippen LogP) is 11.9. The molecule has 3 nitrogen and oxygen atoms in total. The Kier molecular flexibility index (Phi) is 6.74. The Bertz CT molecular complexity index is 2380. The molecule has 0 unspecified atom stereocenters. The molecule has 0 N–H and O–H groups in total. The van der Waals surface area contributed by atoms with Crippen LogP contribution >= 0.6 is 0 Å². The van der Waals surface area contributed by atoms with Gasteiger partial charge in [-0.3, -0.25) is 0 Å². The number of fused-ring (bicyclic) bond motifs is 3. The van der Waals surface area contributed by atoms with Gasteiger partial charge in [-0.25, -0.2) is 15.0 Å². The van der Waals surface area contributed by atoms with Gasteiger partial charge in [0.05, 0.1) is 0 Å². The average molecular weight is 670 g/mol. The van der Waals surface area contributed by atoms with Gasteiger partial charge in [-0.1, -0.05) is 127 Å². The Morgan fingerprint density at radius 1 is 0.346 bits per heavy atom. The maximum atomic E-state index is 5.15. The molecule has 4 fully saturated rings. The zero-order valence-electron chi connectivity index (χ0n) is 29.1. The lowest BCUT2D eigenvalue weighted by Gasteiger charge is -2.61. The lowest BCUT2D eigenvalue weighted by atomic mass is 9.43. The molecule has 3 heteroatoms. The summed E-state index contributed by atoms with van der Waals surface area (Å²) >= 11 is 0. The van der Waals surface area contributed by atoms with Crippen molar-refractivity contribution in [1.29, 1.82) is 0 Å². The van der Waals surface area contributed by atoms with Crippen LogP contribution in [0.4, 0.5) is 0 Å². The van der Waals surface area contributed by atoms with Gasteiger partial charge >= 0.3 is 0 Å². The van der Waals surface area contributed by atoms with E-state index in [-0.39, 0.29) is 5.41 Å². The molecule has 0 radical (unpaired) electrons. The van der Waals surface area contributed by atoms with Crippen LogP contribution in [0.1, 0.15) is 43.2 Å². The molecule has 1 aromatic heterocycles. The molecular weight excluding hydrogens is 631 g/mol. The first-order chi connectivity index (χ1) is 25.7. The molecule has 0 amide bonds. The van der Waals surface area contributed by atoms with Crippen LogP contribution in [-0.4, -0.2) is 15.0 Å². The number of aromatic nitrogens is 3. The fourth-order valence-electron chi connectivity index (χ4n) is 11.0. The molecular formula is C49H39N3.